The number of rotatable bonds is 2. The van der Waals surface area contributed by atoms with Crippen LogP contribution in [0.4, 0.5) is 0 Å². The molecule has 3 atom stereocenters. The van der Waals surface area contributed by atoms with Crippen LogP contribution in [0.1, 0.15) is 58.3 Å². The fraction of sp³-hybridized carbons (Fsp3) is 1.00. The van der Waals surface area contributed by atoms with Crippen LogP contribution in [0.25, 0.3) is 0 Å². The molecule has 3 rings (SSSR count). The molecular weight excluding hydrogens is 198 g/mol. The highest BCUT2D eigenvalue weighted by Gasteiger charge is 2.42. The van der Waals surface area contributed by atoms with E-state index in [9.17, 15) is 0 Å². The van der Waals surface area contributed by atoms with Crippen LogP contribution in [-0.4, -0.2) is 24.3 Å². The maximum absolute atomic E-state index is 5.98. The Kier molecular flexibility index (Phi) is 2.97. The number of hydrogen-bond acceptors (Lipinski definition) is 2. The predicted octanol–water partition coefficient (Wildman–Crippen LogP) is 2.87. The second kappa shape index (κ2) is 4.30. The highest BCUT2D eigenvalue weighted by molar-refractivity contribution is 4.97. The average molecular weight is 223 g/mol. The van der Waals surface area contributed by atoms with Crippen LogP contribution in [0, 0.1) is 5.92 Å². The van der Waals surface area contributed by atoms with E-state index in [1.807, 2.05) is 0 Å². The van der Waals surface area contributed by atoms with Crippen molar-refractivity contribution in [3.8, 4) is 0 Å². The van der Waals surface area contributed by atoms with Crippen molar-refractivity contribution >= 4 is 0 Å². The van der Waals surface area contributed by atoms with E-state index < -0.39 is 0 Å². The van der Waals surface area contributed by atoms with E-state index in [1.54, 1.807) is 0 Å². The summed E-state index contributed by atoms with van der Waals surface area (Å²) < 4.78 is 5.98. The fourth-order valence-electron chi connectivity index (χ4n) is 3.78. The standard InChI is InChI=1S/C14H25NO/c1-11-3-4-12(9-11)15-13-5-8-16-14(10-13)6-2-7-14/h11-13,15H,2-10H2,1H3. The molecule has 2 heteroatoms. The number of nitrogens with one attached hydrogen (secondary N) is 1. The first-order valence-electron chi connectivity index (χ1n) is 7.16. The second-order valence-electron chi connectivity index (χ2n) is 6.36. The summed E-state index contributed by atoms with van der Waals surface area (Å²) in [6.45, 7) is 3.37. The van der Waals surface area contributed by atoms with Gasteiger partial charge < -0.3 is 10.1 Å². The maximum Gasteiger partial charge on any atom is 0.0697 e. The minimum absolute atomic E-state index is 0.306. The van der Waals surface area contributed by atoms with Crippen molar-refractivity contribution in [2.24, 2.45) is 5.92 Å². The van der Waals surface area contributed by atoms with E-state index >= 15 is 0 Å². The van der Waals surface area contributed by atoms with Crippen LogP contribution in [0.3, 0.4) is 0 Å². The molecule has 1 N–H and O–H groups in total. The Hall–Kier alpha value is -0.0800. The largest absolute Gasteiger partial charge is 0.375 e. The summed E-state index contributed by atoms with van der Waals surface area (Å²) >= 11 is 0. The summed E-state index contributed by atoms with van der Waals surface area (Å²) in [4.78, 5) is 0. The topological polar surface area (TPSA) is 21.3 Å². The van der Waals surface area contributed by atoms with Gasteiger partial charge in [0.05, 0.1) is 5.60 Å². The second-order valence-corrected chi connectivity index (χ2v) is 6.36. The molecule has 3 aliphatic rings. The Balaban J connectivity index is 1.51. The molecule has 0 aromatic carbocycles. The highest BCUT2D eigenvalue weighted by atomic mass is 16.5. The molecule has 3 fully saturated rings. The number of hydrogen-bond donors (Lipinski definition) is 1. The molecule has 92 valence electrons. The third-order valence-electron chi connectivity index (χ3n) is 4.92. The molecule has 0 bridgehead atoms. The van der Waals surface area contributed by atoms with Gasteiger partial charge in [-0.2, -0.15) is 0 Å². The van der Waals surface area contributed by atoms with Gasteiger partial charge in [0, 0.05) is 18.7 Å². The third kappa shape index (κ3) is 2.14. The van der Waals surface area contributed by atoms with Gasteiger partial charge in [0.1, 0.15) is 0 Å². The van der Waals surface area contributed by atoms with Crippen molar-refractivity contribution in [2.75, 3.05) is 6.61 Å². The van der Waals surface area contributed by atoms with Gasteiger partial charge in [-0.15, -0.1) is 0 Å². The third-order valence-corrected chi connectivity index (χ3v) is 4.92. The lowest BCUT2D eigenvalue weighted by Crippen LogP contribution is -2.52. The Morgan fingerprint density at radius 3 is 2.62 bits per heavy atom. The van der Waals surface area contributed by atoms with E-state index in [-0.39, 0.29) is 0 Å². The SMILES string of the molecule is CC1CCC(NC2CCOC3(CCC3)C2)C1. The van der Waals surface area contributed by atoms with Gasteiger partial charge in [0.25, 0.3) is 0 Å². The van der Waals surface area contributed by atoms with Crippen molar-refractivity contribution < 1.29 is 4.74 Å². The van der Waals surface area contributed by atoms with Crippen molar-refractivity contribution in [1.82, 2.24) is 5.32 Å². The van der Waals surface area contributed by atoms with E-state index in [1.165, 1.54) is 51.4 Å². The van der Waals surface area contributed by atoms with E-state index in [0.717, 1.165) is 24.6 Å². The Labute approximate surface area is 99.1 Å². The van der Waals surface area contributed by atoms with Crippen molar-refractivity contribution in [3.63, 3.8) is 0 Å². The van der Waals surface area contributed by atoms with Crippen LogP contribution < -0.4 is 5.32 Å². The smallest absolute Gasteiger partial charge is 0.0697 e. The highest BCUT2D eigenvalue weighted by Crippen LogP contribution is 2.42. The fourth-order valence-corrected chi connectivity index (χ4v) is 3.78. The zero-order valence-electron chi connectivity index (χ0n) is 10.5. The molecule has 1 aliphatic heterocycles. The minimum atomic E-state index is 0.306. The van der Waals surface area contributed by atoms with Crippen LogP contribution >= 0.6 is 0 Å². The monoisotopic (exact) mass is 223 g/mol. The van der Waals surface area contributed by atoms with Crippen molar-refractivity contribution in [1.29, 1.82) is 0 Å². The van der Waals surface area contributed by atoms with Crippen LogP contribution in [0.5, 0.6) is 0 Å². The van der Waals surface area contributed by atoms with Gasteiger partial charge in [-0.25, -0.2) is 0 Å². The molecule has 0 aromatic rings. The molecule has 16 heavy (non-hydrogen) atoms. The molecule has 2 nitrogen and oxygen atoms in total. The summed E-state index contributed by atoms with van der Waals surface area (Å²) in [6.07, 6.45) is 10.7. The van der Waals surface area contributed by atoms with Crippen molar-refractivity contribution in [3.05, 3.63) is 0 Å². The first-order chi connectivity index (χ1) is 7.76. The molecule has 0 aromatic heterocycles. The Morgan fingerprint density at radius 1 is 1.12 bits per heavy atom. The molecule has 1 spiro atoms. The average Bonchev–Trinajstić information content (AvgIpc) is 2.62. The van der Waals surface area contributed by atoms with Gasteiger partial charge in [0.2, 0.25) is 0 Å². The normalized spacial score (nSPS) is 42.2. The molecule has 1 heterocycles. The van der Waals surface area contributed by atoms with Crippen molar-refractivity contribution in [2.45, 2.75) is 76.0 Å². The van der Waals surface area contributed by atoms with Gasteiger partial charge >= 0.3 is 0 Å². The molecule has 2 aliphatic carbocycles. The van der Waals surface area contributed by atoms with Gasteiger partial charge in [-0.1, -0.05) is 6.92 Å². The summed E-state index contributed by atoms with van der Waals surface area (Å²) in [5, 5.41) is 3.89. The van der Waals surface area contributed by atoms with Crippen LogP contribution in [-0.2, 0) is 4.74 Å². The summed E-state index contributed by atoms with van der Waals surface area (Å²) in [5.74, 6) is 0.940. The summed E-state index contributed by atoms with van der Waals surface area (Å²) in [7, 11) is 0. The maximum atomic E-state index is 5.98. The van der Waals surface area contributed by atoms with E-state index in [2.05, 4.69) is 12.2 Å². The van der Waals surface area contributed by atoms with Crippen LogP contribution in [0.15, 0.2) is 0 Å². The lowest BCUT2D eigenvalue weighted by molar-refractivity contribution is -0.136. The molecule has 3 unspecified atom stereocenters. The zero-order valence-corrected chi connectivity index (χ0v) is 10.5. The molecule has 2 saturated carbocycles. The minimum Gasteiger partial charge on any atom is -0.375 e. The van der Waals surface area contributed by atoms with Gasteiger partial charge in [-0.05, 0) is 57.3 Å². The molecule has 1 saturated heterocycles. The quantitative estimate of drug-likeness (QED) is 0.777. The Bertz CT molecular complexity index is 249. The predicted molar refractivity (Wildman–Crippen MR) is 65.5 cm³/mol. The molecule has 0 amide bonds. The van der Waals surface area contributed by atoms with E-state index in [4.69, 9.17) is 4.74 Å². The molecular formula is C14H25NO. The van der Waals surface area contributed by atoms with Crippen LogP contribution in [0.2, 0.25) is 0 Å². The number of ether oxygens (including phenoxy) is 1. The Morgan fingerprint density at radius 2 is 2.00 bits per heavy atom. The first kappa shape index (κ1) is 11.0. The van der Waals surface area contributed by atoms with E-state index in [0.29, 0.717) is 5.60 Å². The lowest BCUT2D eigenvalue weighted by Gasteiger charge is -2.47. The first-order valence-corrected chi connectivity index (χ1v) is 7.16. The zero-order chi connectivity index (χ0) is 11.0. The van der Waals surface area contributed by atoms with Gasteiger partial charge in [0.15, 0.2) is 0 Å². The molecule has 0 radical (unpaired) electrons. The van der Waals surface area contributed by atoms with Gasteiger partial charge in [-0.3, -0.25) is 0 Å². The lowest BCUT2D eigenvalue weighted by atomic mass is 9.74. The summed E-state index contributed by atoms with van der Waals surface area (Å²) in [6, 6.07) is 1.54. The summed E-state index contributed by atoms with van der Waals surface area (Å²) in [5.41, 5.74) is 0.306.